The summed E-state index contributed by atoms with van der Waals surface area (Å²) >= 11 is 0.843. The van der Waals surface area contributed by atoms with Crippen LogP contribution in [0.1, 0.15) is 12.8 Å². The topological polar surface area (TPSA) is 44.5 Å². The SMILES string of the molecule is CN(C)C1CCCN(c2cc(F)c(SNc3ccon3)c(F)c2)C1. The first-order chi connectivity index (χ1) is 11.5. The molecule has 1 N–H and O–H groups in total. The standard InChI is InChI=1S/C16H20F2N4OS/c1-21(2)11-4-3-6-22(10-11)12-8-13(17)16(14(18)9-12)24-20-15-5-7-23-19-15/h5,7-9,11H,3-4,6,10H2,1-2H3,(H,19,20). The summed E-state index contributed by atoms with van der Waals surface area (Å²) in [5.41, 5.74) is 0.585. The zero-order chi connectivity index (χ0) is 17.1. The Labute approximate surface area is 144 Å². The first kappa shape index (κ1) is 17.0. The molecule has 0 bridgehead atoms. The summed E-state index contributed by atoms with van der Waals surface area (Å²) in [5, 5.41) is 3.64. The summed E-state index contributed by atoms with van der Waals surface area (Å²) in [4.78, 5) is 4.12. The van der Waals surface area contributed by atoms with Crippen LogP contribution in [0.2, 0.25) is 0 Å². The van der Waals surface area contributed by atoms with Gasteiger partial charge in [0.05, 0.1) is 0 Å². The van der Waals surface area contributed by atoms with Crippen LogP contribution in [0.3, 0.4) is 0 Å². The average molecular weight is 354 g/mol. The molecule has 1 unspecified atom stereocenters. The lowest BCUT2D eigenvalue weighted by Crippen LogP contribution is -2.45. The Morgan fingerprint density at radius 1 is 1.33 bits per heavy atom. The molecule has 130 valence electrons. The number of piperidine rings is 1. The van der Waals surface area contributed by atoms with Gasteiger partial charge in [-0.1, -0.05) is 5.16 Å². The number of aromatic nitrogens is 1. The molecular weight excluding hydrogens is 334 g/mol. The number of likely N-dealkylation sites (N-methyl/N-ethyl adjacent to an activating group) is 1. The van der Waals surface area contributed by atoms with E-state index in [9.17, 15) is 8.78 Å². The molecule has 1 aromatic heterocycles. The third kappa shape index (κ3) is 3.81. The van der Waals surface area contributed by atoms with Crippen LogP contribution in [0.15, 0.2) is 33.9 Å². The molecule has 5 nitrogen and oxygen atoms in total. The van der Waals surface area contributed by atoms with Crippen LogP contribution in [0.5, 0.6) is 0 Å². The van der Waals surface area contributed by atoms with Crippen molar-refractivity contribution in [2.45, 2.75) is 23.8 Å². The van der Waals surface area contributed by atoms with E-state index < -0.39 is 11.6 Å². The second kappa shape index (κ2) is 7.40. The molecule has 24 heavy (non-hydrogen) atoms. The summed E-state index contributed by atoms with van der Waals surface area (Å²) in [5.74, 6) is -0.760. The van der Waals surface area contributed by atoms with E-state index in [2.05, 4.69) is 19.3 Å². The predicted octanol–water partition coefficient (Wildman–Crippen LogP) is 3.60. The fourth-order valence-corrected chi connectivity index (χ4v) is 3.43. The zero-order valence-corrected chi connectivity index (χ0v) is 14.4. The van der Waals surface area contributed by atoms with Crippen molar-refractivity contribution in [3.8, 4) is 0 Å². The highest BCUT2D eigenvalue weighted by atomic mass is 32.2. The third-order valence-corrected chi connectivity index (χ3v) is 5.08. The number of hydrogen-bond donors (Lipinski definition) is 1. The molecule has 1 aliphatic rings. The van der Waals surface area contributed by atoms with Crippen molar-refractivity contribution in [3.05, 3.63) is 36.1 Å². The lowest BCUT2D eigenvalue weighted by atomic mass is 10.0. The second-order valence-electron chi connectivity index (χ2n) is 6.03. The van der Waals surface area contributed by atoms with E-state index >= 15 is 0 Å². The van der Waals surface area contributed by atoms with E-state index in [0.29, 0.717) is 17.5 Å². The van der Waals surface area contributed by atoms with E-state index in [1.807, 2.05) is 19.0 Å². The van der Waals surface area contributed by atoms with Gasteiger partial charge in [0.2, 0.25) is 0 Å². The summed E-state index contributed by atoms with van der Waals surface area (Å²) in [6.07, 6.45) is 3.50. The van der Waals surface area contributed by atoms with E-state index in [1.54, 1.807) is 6.07 Å². The van der Waals surface area contributed by atoms with Crippen LogP contribution in [-0.2, 0) is 0 Å². The van der Waals surface area contributed by atoms with E-state index in [0.717, 1.165) is 37.9 Å². The summed E-state index contributed by atoms with van der Waals surface area (Å²) in [7, 11) is 4.06. The maximum atomic E-state index is 14.4. The largest absolute Gasteiger partial charge is 0.370 e. The molecule has 1 aromatic carbocycles. The highest BCUT2D eigenvalue weighted by molar-refractivity contribution is 8.00. The Kier molecular flexibility index (Phi) is 5.25. The lowest BCUT2D eigenvalue weighted by molar-refractivity contribution is 0.258. The van der Waals surface area contributed by atoms with Gasteiger partial charge in [-0.05, 0) is 51.0 Å². The number of rotatable bonds is 5. The third-order valence-electron chi connectivity index (χ3n) is 4.17. The van der Waals surface area contributed by atoms with Gasteiger partial charge in [-0.3, -0.25) is 0 Å². The molecule has 0 radical (unpaired) electrons. The Hall–Kier alpha value is -1.80. The highest BCUT2D eigenvalue weighted by Gasteiger charge is 2.23. The molecule has 2 heterocycles. The number of halogens is 2. The zero-order valence-electron chi connectivity index (χ0n) is 13.6. The van der Waals surface area contributed by atoms with Gasteiger partial charge >= 0.3 is 0 Å². The van der Waals surface area contributed by atoms with E-state index in [-0.39, 0.29) is 4.90 Å². The minimum absolute atomic E-state index is 0.0806. The molecule has 0 saturated carbocycles. The molecule has 0 spiro atoms. The monoisotopic (exact) mass is 354 g/mol. The maximum Gasteiger partial charge on any atom is 0.179 e. The Morgan fingerprint density at radius 3 is 2.71 bits per heavy atom. The number of anilines is 2. The molecule has 0 amide bonds. The smallest absolute Gasteiger partial charge is 0.179 e. The summed E-state index contributed by atoms with van der Waals surface area (Å²) < 4.78 is 36.2. The van der Waals surface area contributed by atoms with Gasteiger partial charge in [-0.25, -0.2) is 8.78 Å². The van der Waals surface area contributed by atoms with E-state index in [1.165, 1.54) is 18.4 Å². The normalized spacial score (nSPS) is 18.2. The molecule has 0 aliphatic carbocycles. The van der Waals surface area contributed by atoms with Crippen molar-refractivity contribution < 1.29 is 13.3 Å². The maximum absolute atomic E-state index is 14.4. The highest BCUT2D eigenvalue weighted by Crippen LogP contribution is 2.31. The molecule has 3 rings (SSSR count). The number of benzene rings is 1. The minimum atomic E-state index is -0.585. The van der Waals surface area contributed by atoms with Crippen molar-refractivity contribution in [3.63, 3.8) is 0 Å². The molecule has 1 atom stereocenters. The second-order valence-corrected chi connectivity index (χ2v) is 6.85. The van der Waals surface area contributed by atoms with Gasteiger partial charge in [0, 0.05) is 30.9 Å². The van der Waals surface area contributed by atoms with Crippen molar-refractivity contribution in [2.75, 3.05) is 36.8 Å². The van der Waals surface area contributed by atoms with Crippen molar-refractivity contribution in [2.24, 2.45) is 0 Å². The average Bonchev–Trinajstić information content (AvgIpc) is 3.07. The summed E-state index contributed by atoms with van der Waals surface area (Å²) in [6, 6.07) is 4.77. The molecule has 8 heteroatoms. The number of nitrogens with zero attached hydrogens (tertiary/aromatic N) is 3. The van der Waals surface area contributed by atoms with Gasteiger partial charge in [0.25, 0.3) is 0 Å². The van der Waals surface area contributed by atoms with Gasteiger partial charge < -0.3 is 19.0 Å². The number of nitrogens with one attached hydrogen (secondary N) is 1. The summed E-state index contributed by atoms with van der Waals surface area (Å²) in [6.45, 7) is 1.59. The van der Waals surface area contributed by atoms with Gasteiger partial charge in [0.15, 0.2) is 5.82 Å². The van der Waals surface area contributed by atoms with Crippen LogP contribution in [0, 0.1) is 11.6 Å². The van der Waals surface area contributed by atoms with Crippen LogP contribution in [0.4, 0.5) is 20.3 Å². The van der Waals surface area contributed by atoms with Crippen LogP contribution >= 0.6 is 11.9 Å². The van der Waals surface area contributed by atoms with Crippen molar-refractivity contribution >= 4 is 23.5 Å². The van der Waals surface area contributed by atoms with Crippen LogP contribution in [-0.4, -0.2) is 43.3 Å². The molecule has 1 saturated heterocycles. The van der Waals surface area contributed by atoms with Crippen LogP contribution in [0.25, 0.3) is 0 Å². The molecule has 2 aromatic rings. The fraction of sp³-hybridized carbons (Fsp3) is 0.438. The molecule has 1 aliphatic heterocycles. The Morgan fingerprint density at radius 2 is 2.08 bits per heavy atom. The van der Waals surface area contributed by atoms with E-state index in [4.69, 9.17) is 0 Å². The van der Waals surface area contributed by atoms with Gasteiger partial charge in [-0.15, -0.1) is 0 Å². The Balaban J connectivity index is 1.74. The lowest BCUT2D eigenvalue weighted by Gasteiger charge is -2.37. The predicted molar refractivity (Wildman–Crippen MR) is 91.3 cm³/mol. The Bertz CT molecular complexity index is 658. The van der Waals surface area contributed by atoms with Gasteiger partial charge in [-0.2, -0.15) is 0 Å². The van der Waals surface area contributed by atoms with Crippen molar-refractivity contribution in [1.82, 2.24) is 10.1 Å². The quantitative estimate of drug-likeness (QED) is 0.828. The van der Waals surface area contributed by atoms with Crippen molar-refractivity contribution in [1.29, 1.82) is 0 Å². The van der Waals surface area contributed by atoms with Gasteiger partial charge in [0.1, 0.15) is 22.8 Å². The fourth-order valence-electron chi connectivity index (χ4n) is 2.81. The first-order valence-electron chi connectivity index (χ1n) is 7.78. The minimum Gasteiger partial charge on any atom is -0.370 e. The van der Waals surface area contributed by atoms with Crippen LogP contribution < -0.4 is 9.62 Å². The molecular formula is C16H20F2N4OS. The molecule has 1 fully saturated rings. The number of hydrogen-bond acceptors (Lipinski definition) is 6. The first-order valence-corrected chi connectivity index (χ1v) is 8.60.